The van der Waals surface area contributed by atoms with Crippen molar-refractivity contribution in [1.29, 1.82) is 0 Å². The summed E-state index contributed by atoms with van der Waals surface area (Å²) in [5, 5.41) is 0. The Balaban J connectivity index is 2.19. The third kappa shape index (κ3) is 2.96. The molecule has 0 aliphatic carbocycles. The first-order valence-corrected chi connectivity index (χ1v) is 6.37. The average molecular weight is 303 g/mol. The van der Waals surface area contributed by atoms with Crippen molar-refractivity contribution in [1.82, 2.24) is 15.0 Å². The van der Waals surface area contributed by atoms with Crippen LogP contribution in [0.3, 0.4) is 0 Å². The molecule has 6 nitrogen and oxygen atoms in total. The van der Waals surface area contributed by atoms with Gasteiger partial charge in [0.1, 0.15) is 0 Å². The fourth-order valence-corrected chi connectivity index (χ4v) is 2.11. The fourth-order valence-electron chi connectivity index (χ4n) is 1.70. The molecule has 1 saturated heterocycles. The minimum atomic E-state index is 0.285. The maximum atomic E-state index is 5.03. The van der Waals surface area contributed by atoms with Gasteiger partial charge in [0.05, 0.1) is 14.2 Å². The summed E-state index contributed by atoms with van der Waals surface area (Å²) in [6.07, 6.45) is 2.16. The predicted octanol–water partition coefficient (Wildman–Crippen LogP) is 1.25. The highest BCUT2D eigenvalue weighted by atomic mass is 79.9. The van der Waals surface area contributed by atoms with Crippen LogP contribution in [0.15, 0.2) is 0 Å². The Morgan fingerprint density at radius 3 is 2.06 bits per heavy atom. The number of alkyl halides is 1. The topological polar surface area (TPSA) is 60.4 Å². The van der Waals surface area contributed by atoms with Crippen molar-refractivity contribution in [2.45, 2.75) is 17.7 Å². The highest BCUT2D eigenvalue weighted by molar-refractivity contribution is 9.09. The molecule has 7 heteroatoms. The second-order valence-electron chi connectivity index (χ2n) is 3.77. The lowest BCUT2D eigenvalue weighted by atomic mass is 10.1. The highest BCUT2D eigenvalue weighted by Gasteiger charge is 2.20. The van der Waals surface area contributed by atoms with Crippen LogP contribution in [0.4, 0.5) is 5.95 Å². The molecule has 0 spiro atoms. The van der Waals surface area contributed by atoms with E-state index in [1.165, 1.54) is 14.2 Å². The zero-order valence-corrected chi connectivity index (χ0v) is 11.5. The van der Waals surface area contributed by atoms with Gasteiger partial charge in [-0.15, -0.1) is 4.98 Å². The number of halogens is 1. The monoisotopic (exact) mass is 302 g/mol. The van der Waals surface area contributed by atoms with E-state index in [2.05, 4.69) is 35.8 Å². The van der Waals surface area contributed by atoms with Gasteiger partial charge in [-0.3, -0.25) is 0 Å². The molecule has 0 radical (unpaired) electrons. The fraction of sp³-hybridized carbons (Fsp3) is 0.700. The SMILES string of the molecule is COc1nc(OC)nc(N2CCC(Br)CC2)n1. The molecule has 0 atom stereocenters. The van der Waals surface area contributed by atoms with E-state index < -0.39 is 0 Å². The summed E-state index contributed by atoms with van der Waals surface area (Å²) in [6, 6.07) is 0.570. The van der Waals surface area contributed by atoms with Gasteiger partial charge in [0.15, 0.2) is 0 Å². The Kier molecular flexibility index (Phi) is 3.98. The third-order valence-corrected chi connectivity index (χ3v) is 3.57. The van der Waals surface area contributed by atoms with E-state index >= 15 is 0 Å². The first-order valence-electron chi connectivity index (χ1n) is 5.46. The lowest BCUT2D eigenvalue weighted by molar-refractivity contribution is 0.339. The number of aromatic nitrogens is 3. The van der Waals surface area contributed by atoms with E-state index in [1.807, 2.05) is 0 Å². The lowest BCUT2D eigenvalue weighted by Gasteiger charge is -2.29. The molecule has 1 aromatic heterocycles. The van der Waals surface area contributed by atoms with Gasteiger partial charge >= 0.3 is 12.0 Å². The molecule has 1 aliphatic heterocycles. The van der Waals surface area contributed by atoms with Gasteiger partial charge in [0.2, 0.25) is 5.95 Å². The maximum Gasteiger partial charge on any atom is 0.324 e. The van der Waals surface area contributed by atoms with Gasteiger partial charge in [0.25, 0.3) is 0 Å². The van der Waals surface area contributed by atoms with Gasteiger partial charge in [-0.1, -0.05) is 15.9 Å². The average Bonchev–Trinajstić information content (AvgIpc) is 2.39. The molecule has 0 N–H and O–H groups in total. The smallest absolute Gasteiger partial charge is 0.324 e. The predicted molar refractivity (Wildman–Crippen MR) is 67.1 cm³/mol. The maximum absolute atomic E-state index is 5.03. The number of hydrogen-bond acceptors (Lipinski definition) is 6. The summed E-state index contributed by atoms with van der Waals surface area (Å²) < 4.78 is 10.1. The van der Waals surface area contributed by atoms with Crippen LogP contribution in [-0.2, 0) is 0 Å². The molecular formula is C10H15BrN4O2. The van der Waals surface area contributed by atoms with Gasteiger partial charge in [0, 0.05) is 17.9 Å². The molecule has 0 unspecified atom stereocenters. The molecule has 1 aromatic rings. The molecule has 0 saturated carbocycles. The minimum Gasteiger partial charge on any atom is -0.467 e. The van der Waals surface area contributed by atoms with Gasteiger partial charge < -0.3 is 14.4 Å². The molecule has 0 amide bonds. The molecule has 17 heavy (non-hydrogen) atoms. The van der Waals surface area contributed by atoms with E-state index in [1.54, 1.807) is 0 Å². The largest absolute Gasteiger partial charge is 0.467 e. The van der Waals surface area contributed by atoms with Gasteiger partial charge in [-0.05, 0) is 12.8 Å². The molecular weight excluding hydrogens is 288 g/mol. The van der Waals surface area contributed by atoms with E-state index in [0.29, 0.717) is 10.8 Å². The molecule has 0 bridgehead atoms. The Bertz CT molecular complexity index is 360. The van der Waals surface area contributed by atoms with Gasteiger partial charge in [-0.2, -0.15) is 9.97 Å². The summed E-state index contributed by atoms with van der Waals surface area (Å²) in [7, 11) is 3.06. The Labute approximate surface area is 108 Å². The zero-order valence-electron chi connectivity index (χ0n) is 9.89. The van der Waals surface area contributed by atoms with Crippen molar-refractivity contribution >= 4 is 21.9 Å². The molecule has 1 fully saturated rings. The Morgan fingerprint density at radius 1 is 1.06 bits per heavy atom. The van der Waals surface area contributed by atoms with Crippen molar-refractivity contribution in [3.63, 3.8) is 0 Å². The quantitative estimate of drug-likeness (QED) is 0.783. The van der Waals surface area contributed by atoms with Crippen LogP contribution < -0.4 is 14.4 Å². The molecule has 2 rings (SSSR count). The summed E-state index contributed by atoms with van der Waals surface area (Å²) >= 11 is 3.62. The lowest BCUT2D eigenvalue weighted by Crippen LogP contribution is -2.35. The summed E-state index contributed by atoms with van der Waals surface area (Å²) in [5.41, 5.74) is 0. The number of nitrogens with zero attached hydrogens (tertiary/aromatic N) is 4. The van der Waals surface area contributed by atoms with Crippen molar-refractivity contribution in [3.8, 4) is 12.0 Å². The number of ether oxygens (including phenoxy) is 2. The van der Waals surface area contributed by atoms with Crippen molar-refractivity contribution in [2.24, 2.45) is 0 Å². The van der Waals surface area contributed by atoms with Crippen LogP contribution in [0.5, 0.6) is 12.0 Å². The Morgan fingerprint density at radius 2 is 1.59 bits per heavy atom. The number of piperidine rings is 1. The van der Waals surface area contributed by atoms with E-state index in [9.17, 15) is 0 Å². The van der Waals surface area contributed by atoms with E-state index in [0.717, 1.165) is 25.9 Å². The Hall–Kier alpha value is -1.11. The zero-order chi connectivity index (χ0) is 12.3. The normalized spacial score (nSPS) is 17.0. The van der Waals surface area contributed by atoms with Crippen molar-refractivity contribution in [3.05, 3.63) is 0 Å². The standard InChI is InChI=1S/C10H15BrN4O2/c1-16-9-12-8(13-10(14-9)17-2)15-5-3-7(11)4-6-15/h7H,3-6H2,1-2H3. The summed E-state index contributed by atoms with van der Waals surface area (Å²) in [5.74, 6) is 0.619. The molecule has 1 aliphatic rings. The van der Waals surface area contributed by atoms with Crippen LogP contribution in [-0.4, -0.2) is 47.1 Å². The molecule has 2 heterocycles. The number of rotatable bonds is 3. The van der Waals surface area contributed by atoms with E-state index in [4.69, 9.17) is 9.47 Å². The number of hydrogen-bond donors (Lipinski definition) is 0. The number of anilines is 1. The summed E-state index contributed by atoms with van der Waals surface area (Å²) in [4.78, 5) is 15.1. The number of methoxy groups -OCH3 is 2. The first kappa shape index (κ1) is 12.3. The summed E-state index contributed by atoms with van der Waals surface area (Å²) in [6.45, 7) is 1.85. The molecule has 94 valence electrons. The molecule has 0 aromatic carbocycles. The van der Waals surface area contributed by atoms with Gasteiger partial charge in [-0.25, -0.2) is 0 Å². The second kappa shape index (κ2) is 5.48. The third-order valence-electron chi connectivity index (χ3n) is 2.66. The van der Waals surface area contributed by atoms with Crippen molar-refractivity contribution in [2.75, 3.05) is 32.2 Å². The van der Waals surface area contributed by atoms with E-state index in [-0.39, 0.29) is 12.0 Å². The highest BCUT2D eigenvalue weighted by Crippen LogP contribution is 2.22. The van der Waals surface area contributed by atoms with Crippen LogP contribution >= 0.6 is 15.9 Å². The van der Waals surface area contributed by atoms with Crippen LogP contribution in [0.25, 0.3) is 0 Å². The van der Waals surface area contributed by atoms with Crippen LogP contribution in [0, 0.1) is 0 Å². The van der Waals surface area contributed by atoms with Crippen molar-refractivity contribution < 1.29 is 9.47 Å². The minimum absolute atomic E-state index is 0.285. The second-order valence-corrected chi connectivity index (χ2v) is 5.07. The first-order chi connectivity index (χ1) is 8.22. The van der Waals surface area contributed by atoms with Crippen LogP contribution in [0.2, 0.25) is 0 Å². The van der Waals surface area contributed by atoms with Crippen LogP contribution in [0.1, 0.15) is 12.8 Å².